The van der Waals surface area contributed by atoms with E-state index < -0.39 is 0 Å². The van der Waals surface area contributed by atoms with Crippen molar-refractivity contribution < 1.29 is 4.39 Å². The second kappa shape index (κ2) is 6.42. The number of benzene rings is 1. The van der Waals surface area contributed by atoms with Crippen molar-refractivity contribution in [1.29, 1.82) is 0 Å². The van der Waals surface area contributed by atoms with Crippen LogP contribution in [0.15, 0.2) is 24.3 Å². The highest BCUT2D eigenvalue weighted by molar-refractivity contribution is 5.85. The quantitative estimate of drug-likeness (QED) is 0.761. The van der Waals surface area contributed by atoms with Gasteiger partial charge in [-0.15, -0.1) is 18.8 Å². The maximum atomic E-state index is 12.5. The topological polar surface area (TPSA) is 12.0 Å². The monoisotopic (exact) mass is 213 g/mol. The van der Waals surface area contributed by atoms with Crippen LogP contribution in [0.1, 0.15) is 18.5 Å². The Morgan fingerprint density at radius 2 is 2.00 bits per heavy atom. The Bertz CT molecular complexity index is 302. The van der Waals surface area contributed by atoms with Crippen LogP contribution in [-0.2, 0) is 0 Å². The van der Waals surface area contributed by atoms with Gasteiger partial charge in [0.25, 0.3) is 0 Å². The van der Waals surface area contributed by atoms with Gasteiger partial charge in [-0.1, -0.05) is 18.1 Å². The summed E-state index contributed by atoms with van der Waals surface area (Å²) >= 11 is 0. The van der Waals surface area contributed by atoms with Crippen molar-refractivity contribution in [1.82, 2.24) is 5.32 Å². The van der Waals surface area contributed by atoms with Crippen LogP contribution in [0.5, 0.6) is 0 Å². The molecule has 0 saturated heterocycles. The van der Waals surface area contributed by atoms with Gasteiger partial charge in [0.2, 0.25) is 0 Å². The third kappa shape index (κ3) is 3.78. The van der Waals surface area contributed by atoms with Crippen molar-refractivity contribution in [3.8, 4) is 12.3 Å². The zero-order chi connectivity index (χ0) is 9.68. The molecule has 3 heteroatoms. The molecular weight excluding hydrogens is 201 g/mol. The Kier molecular flexibility index (Phi) is 5.94. The van der Waals surface area contributed by atoms with E-state index in [9.17, 15) is 4.39 Å². The molecule has 0 spiro atoms. The van der Waals surface area contributed by atoms with Gasteiger partial charge in [0.15, 0.2) is 0 Å². The molecule has 0 unspecified atom stereocenters. The maximum Gasteiger partial charge on any atom is 0.123 e. The highest BCUT2D eigenvalue weighted by Crippen LogP contribution is 2.11. The van der Waals surface area contributed by atoms with Crippen molar-refractivity contribution in [2.75, 3.05) is 6.54 Å². The first-order valence-corrected chi connectivity index (χ1v) is 4.16. The van der Waals surface area contributed by atoms with E-state index in [1.807, 2.05) is 6.92 Å². The summed E-state index contributed by atoms with van der Waals surface area (Å²) < 4.78 is 12.5. The lowest BCUT2D eigenvalue weighted by atomic mass is 10.1. The third-order valence-electron chi connectivity index (χ3n) is 1.88. The summed E-state index contributed by atoms with van der Waals surface area (Å²) in [5, 5.41) is 3.11. The van der Waals surface area contributed by atoms with Crippen LogP contribution in [-0.4, -0.2) is 6.54 Å². The molecule has 0 amide bonds. The Morgan fingerprint density at radius 3 is 2.50 bits per heavy atom. The predicted molar refractivity (Wildman–Crippen MR) is 58.9 cm³/mol. The normalized spacial score (nSPS) is 11.2. The van der Waals surface area contributed by atoms with Gasteiger partial charge in [0.1, 0.15) is 5.82 Å². The SMILES string of the molecule is C#CCN[C@H](C)c1ccc(F)cc1.Cl. The van der Waals surface area contributed by atoms with Gasteiger partial charge >= 0.3 is 0 Å². The molecule has 76 valence electrons. The summed E-state index contributed by atoms with van der Waals surface area (Å²) in [6.07, 6.45) is 5.11. The lowest BCUT2D eigenvalue weighted by Crippen LogP contribution is -2.18. The Labute approximate surface area is 90.1 Å². The minimum absolute atomic E-state index is 0. The number of terminal acetylenes is 1. The zero-order valence-corrected chi connectivity index (χ0v) is 8.77. The predicted octanol–water partition coefficient (Wildman–Crippen LogP) is 2.53. The highest BCUT2D eigenvalue weighted by Gasteiger charge is 2.02. The van der Waals surface area contributed by atoms with Crippen molar-refractivity contribution >= 4 is 12.4 Å². The summed E-state index contributed by atoms with van der Waals surface area (Å²) in [7, 11) is 0. The fraction of sp³-hybridized carbons (Fsp3) is 0.273. The number of nitrogens with one attached hydrogen (secondary N) is 1. The van der Waals surface area contributed by atoms with Crippen molar-refractivity contribution in [2.24, 2.45) is 0 Å². The maximum absolute atomic E-state index is 12.5. The van der Waals surface area contributed by atoms with Crippen molar-refractivity contribution in [3.63, 3.8) is 0 Å². The van der Waals surface area contributed by atoms with Crippen molar-refractivity contribution in [2.45, 2.75) is 13.0 Å². The van der Waals surface area contributed by atoms with Crippen LogP contribution in [0.3, 0.4) is 0 Å². The fourth-order valence-electron chi connectivity index (χ4n) is 1.08. The molecular formula is C11H13ClFN. The molecule has 0 aliphatic carbocycles. The van der Waals surface area contributed by atoms with Crippen LogP contribution >= 0.6 is 12.4 Å². The molecule has 1 atom stereocenters. The van der Waals surface area contributed by atoms with E-state index in [1.54, 1.807) is 12.1 Å². The molecule has 1 rings (SSSR count). The molecule has 0 heterocycles. The molecule has 0 fully saturated rings. The summed E-state index contributed by atoms with van der Waals surface area (Å²) in [5.74, 6) is 2.28. The molecule has 0 saturated carbocycles. The fourth-order valence-corrected chi connectivity index (χ4v) is 1.08. The number of halogens is 2. The Balaban J connectivity index is 0.00000169. The number of hydrogen-bond acceptors (Lipinski definition) is 1. The van der Waals surface area contributed by atoms with Gasteiger partial charge in [-0.25, -0.2) is 4.39 Å². The largest absolute Gasteiger partial charge is 0.300 e. The van der Waals surface area contributed by atoms with Crippen LogP contribution in [0, 0.1) is 18.2 Å². The van der Waals surface area contributed by atoms with E-state index in [0.29, 0.717) is 6.54 Å². The second-order valence-electron chi connectivity index (χ2n) is 2.86. The second-order valence-corrected chi connectivity index (χ2v) is 2.86. The summed E-state index contributed by atoms with van der Waals surface area (Å²) in [5.41, 5.74) is 1.04. The number of hydrogen-bond donors (Lipinski definition) is 1. The molecule has 14 heavy (non-hydrogen) atoms. The van der Waals surface area contributed by atoms with E-state index in [2.05, 4.69) is 11.2 Å². The molecule has 1 aromatic rings. The minimum atomic E-state index is -0.215. The molecule has 1 aromatic carbocycles. The van der Waals surface area contributed by atoms with Crippen LogP contribution < -0.4 is 5.32 Å². The van der Waals surface area contributed by atoms with Gasteiger partial charge in [0.05, 0.1) is 6.54 Å². The van der Waals surface area contributed by atoms with Gasteiger partial charge in [-0.2, -0.15) is 0 Å². The van der Waals surface area contributed by atoms with E-state index in [1.165, 1.54) is 12.1 Å². The minimum Gasteiger partial charge on any atom is -0.300 e. The smallest absolute Gasteiger partial charge is 0.123 e. The van der Waals surface area contributed by atoms with Gasteiger partial charge in [-0.3, -0.25) is 5.32 Å². The number of rotatable bonds is 3. The van der Waals surface area contributed by atoms with Crippen molar-refractivity contribution in [3.05, 3.63) is 35.6 Å². The first-order chi connectivity index (χ1) is 6.24. The van der Waals surface area contributed by atoms with E-state index >= 15 is 0 Å². The Hall–Kier alpha value is -1.04. The van der Waals surface area contributed by atoms with E-state index in [-0.39, 0.29) is 24.3 Å². The van der Waals surface area contributed by atoms with E-state index in [4.69, 9.17) is 6.42 Å². The first kappa shape index (κ1) is 13.0. The van der Waals surface area contributed by atoms with Gasteiger partial charge in [0, 0.05) is 6.04 Å². The molecule has 0 bridgehead atoms. The molecule has 0 aromatic heterocycles. The van der Waals surface area contributed by atoms with Crippen LogP contribution in [0.4, 0.5) is 4.39 Å². The average molecular weight is 214 g/mol. The van der Waals surface area contributed by atoms with E-state index in [0.717, 1.165) is 5.56 Å². The lowest BCUT2D eigenvalue weighted by Gasteiger charge is -2.11. The summed E-state index contributed by atoms with van der Waals surface area (Å²) in [6.45, 7) is 2.52. The third-order valence-corrected chi connectivity index (χ3v) is 1.88. The average Bonchev–Trinajstić information content (AvgIpc) is 2.15. The van der Waals surface area contributed by atoms with Gasteiger partial charge in [-0.05, 0) is 24.6 Å². The standard InChI is InChI=1S/C11H12FN.ClH/c1-3-8-13-9(2)10-4-6-11(12)7-5-10;/h1,4-7,9,13H,8H2,2H3;1H/t9-;/m1./s1. The van der Waals surface area contributed by atoms with Crippen LogP contribution in [0.25, 0.3) is 0 Å². The molecule has 0 radical (unpaired) electrons. The zero-order valence-electron chi connectivity index (χ0n) is 7.96. The first-order valence-electron chi connectivity index (χ1n) is 4.16. The Morgan fingerprint density at radius 1 is 1.43 bits per heavy atom. The molecule has 0 aliphatic heterocycles. The summed E-state index contributed by atoms with van der Waals surface area (Å²) in [6, 6.07) is 6.57. The lowest BCUT2D eigenvalue weighted by molar-refractivity contribution is 0.609. The molecule has 1 nitrogen and oxygen atoms in total. The molecule has 0 aliphatic rings. The van der Waals surface area contributed by atoms with Crippen LogP contribution in [0.2, 0.25) is 0 Å². The van der Waals surface area contributed by atoms with Gasteiger partial charge < -0.3 is 0 Å². The highest BCUT2D eigenvalue weighted by atomic mass is 35.5. The summed E-state index contributed by atoms with van der Waals surface area (Å²) in [4.78, 5) is 0. The molecule has 1 N–H and O–H groups in total.